The molecule has 3 rings (SSSR count). The number of sulfone groups is 1. The topological polar surface area (TPSA) is 136 Å². The van der Waals surface area contributed by atoms with Gasteiger partial charge in [0.1, 0.15) is 0 Å². The Bertz CT molecular complexity index is 1530. The van der Waals surface area contributed by atoms with Crippen LogP contribution in [-0.2, 0) is 24.6 Å². The van der Waals surface area contributed by atoms with Gasteiger partial charge in [0, 0.05) is 5.69 Å². The lowest BCUT2D eigenvalue weighted by molar-refractivity contribution is 0.0497. The molecular formula is C31H38N2O7S2. The van der Waals surface area contributed by atoms with Gasteiger partial charge in [0.25, 0.3) is 10.0 Å². The maximum atomic E-state index is 12.4. The first kappa shape index (κ1) is 32.8. The van der Waals surface area contributed by atoms with Crippen LogP contribution in [0.25, 0.3) is 0 Å². The Morgan fingerprint density at radius 1 is 0.643 bits per heavy atom. The number of sulfonamides is 1. The molecule has 2 amide bonds. The summed E-state index contributed by atoms with van der Waals surface area (Å²) in [5, 5.41) is 2.44. The second-order valence-corrected chi connectivity index (χ2v) is 14.0. The van der Waals surface area contributed by atoms with Gasteiger partial charge in [-0.3, -0.25) is 0 Å². The molecule has 0 aliphatic rings. The van der Waals surface area contributed by atoms with Crippen molar-refractivity contribution in [1.29, 1.82) is 0 Å². The summed E-state index contributed by atoms with van der Waals surface area (Å²) in [7, 11) is -7.25. The van der Waals surface area contributed by atoms with Crippen molar-refractivity contribution in [2.24, 2.45) is 0 Å². The Kier molecular flexibility index (Phi) is 12.1. The number of hydrogen-bond donors (Lipinski definition) is 2. The fourth-order valence-electron chi connectivity index (χ4n) is 4.13. The molecule has 3 aromatic carbocycles. The lowest BCUT2D eigenvalue weighted by Crippen LogP contribution is -2.34. The maximum Gasteiger partial charge on any atom is 0.338 e. The lowest BCUT2D eigenvalue weighted by atomic mass is 10.1. The van der Waals surface area contributed by atoms with Gasteiger partial charge < -0.3 is 10.1 Å². The number of urea groups is 1. The molecule has 0 aliphatic carbocycles. The molecule has 42 heavy (non-hydrogen) atoms. The van der Waals surface area contributed by atoms with Crippen molar-refractivity contribution in [3.05, 3.63) is 89.5 Å². The zero-order valence-corrected chi connectivity index (χ0v) is 25.6. The van der Waals surface area contributed by atoms with E-state index in [0.29, 0.717) is 22.6 Å². The van der Waals surface area contributed by atoms with Crippen molar-refractivity contribution in [3.8, 4) is 0 Å². The smallest absolute Gasteiger partial charge is 0.338 e. The van der Waals surface area contributed by atoms with Crippen LogP contribution in [0.15, 0.2) is 82.6 Å². The van der Waals surface area contributed by atoms with Crippen LogP contribution in [0.2, 0.25) is 0 Å². The first-order valence-corrected chi connectivity index (χ1v) is 17.1. The minimum atomic E-state index is -4.02. The monoisotopic (exact) mass is 614 g/mol. The molecule has 226 valence electrons. The van der Waals surface area contributed by atoms with Gasteiger partial charge in [0.05, 0.1) is 27.7 Å². The number of carbonyl (C=O) groups is 2. The number of aryl methyl sites for hydroxylation is 2. The molecule has 0 unspecified atom stereocenters. The summed E-state index contributed by atoms with van der Waals surface area (Å²) in [5.74, 6) is -0.325. The highest BCUT2D eigenvalue weighted by Gasteiger charge is 2.18. The van der Waals surface area contributed by atoms with Gasteiger partial charge in [-0.2, -0.15) is 0 Å². The molecule has 0 aliphatic heterocycles. The largest absolute Gasteiger partial charge is 0.462 e. The molecule has 0 spiro atoms. The van der Waals surface area contributed by atoms with Gasteiger partial charge in [-0.05, 0) is 75.2 Å². The third-order valence-corrected chi connectivity index (χ3v) is 9.77. The van der Waals surface area contributed by atoms with E-state index in [4.69, 9.17) is 4.74 Å². The molecule has 0 heterocycles. The molecule has 0 bridgehead atoms. The van der Waals surface area contributed by atoms with Crippen molar-refractivity contribution in [3.63, 3.8) is 0 Å². The van der Waals surface area contributed by atoms with Crippen LogP contribution >= 0.6 is 0 Å². The minimum Gasteiger partial charge on any atom is -0.462 e. The van der Waals surface area contributed by atoms with Crippen LogP contribution in [0, 0.1) is 13.8 Å². The SMILES string of the molecule is Cc1ccc(S(=O)(=O)CCCCCCCCCOC(=O)c2ccc(NC(=O)NS(=O)(=O)c3ccc(C)cc3)cc2)cc1. The van der Waals surface area contributed by atoms with E-state index in [1.54, 1.807) is 24.3 Å². The van der Waals surface area contributed by atoms with Gasteiger partial charge in [0.15, 0.2) is 9.84 Å². The van der Waals surface area contributed by atoms with Crippen LogP contribution in [0.5, 0.6) is 0 Å². The molecule has 2 N–H and O–H groups in total. The highest BCUT2D eigenvalue weighted by Crippen LogP contribution is 2.16. The van der Waals surface area contributed by atoms with Gasteiger partial charge in [-0.15, -0.1) is 0 Å². The molecular weight excluding hydrogens is 576 g/mol. The number of benzene rings is 3. The van der Waals surface area contributed by atoms with E-state index in [-0.39, 0.29) is 17.3 Å². The summed E-state index contributed by atoms with van der Waals surface area (Å²) < 4.78 is 56.7. The van der Waals surface area contributed by atoms with Crippen LogP contribution in [0.1, 0.15) is 66.4 Å². The van der Waals surface area contributed by atoms with E-state index in [0.717, 1.165) is 49.7 Å². The molecule has 9 nitrogen and oxygen atoms in total. The summed E-state index contributed by atoms with van der Waals surface area (Å²) in [6.07, 6.45) is 6.05. The Labute approximate surface area is 248 Å². The normalized spacial score (nSPS) is 11.6. The maximum absolute atomic E-state index is 12.4. The molecule has 0 fully saturated rings. The molecule has 0 aromatic heterocycles. The highest BCUT2D eigenvalue weighted by molar-refractivity contribution is 7.91. The zero-order valence-electron chi connectivity index (χ0n) is 24.0. The van der Waals surface area contributed by atoms with E-state index in [1.165, 1.54) is 36.4 Å². The Morgan fingerprint density at radius 3 is 1.71 bits per heavy atom. The van der Waals surface area contributed by atoms with E-state index < -0.39 is 31.9 Å². The van der Waals surface area contributed by atoms with Gasteiger partial charge in [0.2, 0.25) is 0 Å². The zero-order chi connectivity index (χ0) is 30.6. The Balaban J connectivity index is 1.27. The van der Waals surface area contributed by atoms with Crippen LogP contribution in [-0.4, -0.2) is 41.2 Å². The lowest BCUT2D eigenvalue weighted by Gasteiger charge is -2.10. The van der Waals surface area contributed by atoms with E-state index in [9.17, 15) is 26.4 Å². The number of nitrogens with one attached hydrogen (secondary N) is 2. The van der Waals surface area contributed by atoms with E-state index in [2.05, 4.69) is 5.32 Å². The second-order valence-electron chi connectivity index (χ2n) is 10.2. The van der Waals surface area contributed by atoms with Gasteiger partial charge in [-0.25, -0.2) is 31.1 Å². The van der Waals surface area contributed by atoms with Crippen LogP contribution in [0.3, 0.4) is 0 Å². The number of anilines is 1. The molecule has 11 heteroatoms. The standard InChI is InChI=1S/C31H38N2O7S2/c1-24-10-18-28(19-11-24)41(36,37)23-9-7-5-3-4-6-8-22-40-30(34)26-14-16-27(17-15-26)32-31(35)33-42(38,39)29-20-12-25(2)13-21-29/h10-21H,3-9,22-23H2,1-2H3,(H2,32,33,35). The van der Waals surface area contributed by atoms with Crippen molar-refractivity contribution in [2.45, 2.75) is 68.6 Å². The molecule has 3 aromatic rings. The number of esters is 1. The average molecular weight is 615 g/mol. The summed E-state index contributed by atoms with van der Waals surface area (Å²) in [6, 6.07) is 18.1. The fraction of sp³-hybridized carbons (Fsp3) is 0.355. The van der Waals surface area contributed by atoms with E-state index in [1.807, 2.05) is 30.7 Å². The third kappa shape index (κ3) is 10.6. The number of ether oxygens (including phenoxy) is 1. The predicted octanol–water partition coefficient (Wildman–Crippen LogP) is 6.18. The molecule has 0 saturated carbocycles. The Hall–Kier alpha value is -3.70. The van der Waals surface area contributed by atoms with Gasteiger partial charge >= 0.3 is 12.0 Å². The molecule has 0 atom stereocenters. The number of hydrogen-bond acceptors (Lipinski definition) is 7. The molecule has 0 radical (unpaired) electrons. The number of carbonyl (C=O) groups excluding carboxylic acids is 2. The van der Waals surface area contributed by atoms with Crippen LogP contribution in [0.4, 0.5) is 10.5 Å². The van der Waals surface area contributed by atoms with Crippen molar-refractivity contribution >= 4 is 37.5 Å². The van der Waals surface area contributed by atoms with Crippen molar-refractivity contribution in [1.82, 2.24) is 4.72 Å². The number of rotatable bonds is 15. The quantitative estimate of drug-likeness (QED) is 0.154. The third-order valence-electron chi connectivity index (χ3n) is 6.61. The van der Waals surface area contributed by atoms with Gasteiger partial charge in [-0.1, -0.05) is 67.5 Å². The van der Waals surface area contributed by atoms with Crippen molar-refractivity contribution < 1.29 is 31.2 Å². The first-order valence-electron chi connectivity index (χ1n) is 13.9. The summed E-state index contributed by atoms with van der Waals surface area (Å²) >= 11 is 0. The van der Waals surface area contributed by atoms with Crippen LogP contribution < -0.4 is 10.0 Å². The van der Waals surface area contributed by atoms with Crippen molar-refractivity contribution in [2.75, 3.05) is 17.7 Å². The fourth-order valence-corrected chi connectivity index (χ4v) is 6.41. The van der Waals surface area contributed by atoms with E-state index >= 15 is 0 Å². The minimum absolute atomic E-state index is 0.0245. The summed E-state index contributed by atoms with van der Waals surface area (Å²) in [4.78, 5) is 24.8. The Morgan fingerprint density at radius 2 is 1.14 bits per heavy atom. The highest BCUT2D eigenvalue weighted by atomic mass is 32.2. The number of amides is 2. The predicted molar refractivity (Wildman–Crippen MR) is 163 cm³/mol. The average Bonchev–Trinajstić information content (AvgIpc) is 2.94. The summed E-state index contributed by atoms with van der Waals surface area (Å²) in [5.41, 5.74) is 2.56. The second kappa shape index (κ2) is 15.5. The first-order chi connectivity index (χ1) is 20.0. The number of unbranched alkanes of at least 4 members (excludes halogenated alkanes) is 6. The molecule has 0 saturated heterocycles. The summed E-state index contributed by atoms with van der Waals surface area (Å²) in [6.45, 7) is 4.04.